The number of hydrogen-bond donors (Lipinski definition) is 2. The first-order chi connectivity index (χ1) is 6.76. The van der Waals surface area contributed by atoms with Crippen molar-refractivity contribution in [1.29, 1.82) is 0 Å². The van der Waals surface area contributed by atoms with Gasteiger partial charge in [0.25, 0.3) is 0 Å². The molecule has 0 atom stereocenters. The third-order valence-electron chi connectivity index (χ3n) is 2.43. The minimum absolute atomic E-state index is 0.905. The summed E-state index contributed by atoms with van der Waals surface area (Å²) in [6, 6.07) is 0. The van der Waals surface area contributed by atoms with E-state index in [0.29, 0.717) is 0 Å². The van der Waals surface area contributed by atoms with Gasteiger partial charge in [-0.15, -0.1) is 0 Å². The molecule has 4 N–H and O–H groups in total. The van der Waals surface area contributed by atoms with Crippen LogP contribution in [-0.4, -0.2) is 11.6 Å². The van der Waals surface area contributed by atoms with Crippen LogP contribution in [0.15, 0.2) is 11.9 Å². The minimum atomic E-state index is 0.905. The summed E-state index contributed by atoms with van der Waals surface area (Å²) in [5.41, 5.74) is 6.48. The second-order valence-electron chi connectivity index (χ2n) is 3.62. The zero-order valence-electron chi connectivity index (χ0n) is 9.63. The molecule has 0 aromatic rings. The molecular weight excluding hydrogens is 174 g/mol. The predicted octanol–water partition coefficient (Wildman–Crippen LogP) is 2.34. The molecule has 0 radical (unpaired) electrons. The van der Waals surface area contributed by atoms with E-state index in [1.807, 2.05) is 0 Å². The molecule has 0 rings (SSSR count). The molecule has 0 unspecified atom stereocenters. The zero-order valence-corrected chi connectivity index (χ0v) is 9.63. The number of hydrazine groups is 1. The van der Waals surface area contributed by atoms with Crippen molar-refractivity contribution < 1.29 is 0 Å². The van der Waals surface area contributed by atoms with Crippen molar-refractivity contribution in [1.82, 2.24) is 5.01 Å². The van der Waals surface area contributed by atoms with Crippen LogP contribution in [0.2, 0.25) is 0 Å². The average molecular weight is 199 g/mol. The molecule has 14 heavy (non-hydrogen) atoms. The highest BCUT2D eigenvalue weighted by Crippen LogP contribution is 2.06. The Bertz CT molecular complexity index is 155. The van der Waals surface area contributed by atoms with Crippen molar-refractivity contribution in [3.05, 3.63) is 11.9 Å². The Morgan fingerprint density at radius 1 is 1.14 bits per heavy atom. The number of nitrogens with zero attached hydrogens (tertiary/aromatic N) is 1. The molecule has 0 saturated heterocycles. The fraction of sp³-hybridized carbons (Fsp3) is 0.818. The van der Waals surface area contributed by atoms with Crippen LogP contribution < -0.4 is 11.6 Å². The van der Waals surface area contributed by atoms with E-state index in [-0.39, 0.29) is 0 Å². The van der Waals surface area contributed by atoms with Gasteiger partial charge in [-0.3, -0.25) is 0 Å². The predicted molar refractivity (Wildman–Crippen MR) is 62.2 cm³/mol. The van der Waals surface area contributed by atoms with E-state index in [1.165, 1.54) is 25.7 Å². The van der Waals surface area contributed by atoms with Crippen LogP contribution >= 0.6 is 0 Å². The largest absolute Gasteiger partial charge is 0.403 e. The summed E-state index contributed by atoms with van der Waals surface area (Å²) in [5.74, 6) is 5.84. The van der Waals surface area contributed by atoms with E-state index >= 15 is 0 Å². The lowest BCUT2D eigenvalue weighted by atomic mass is 10.1. The zero-order chi connectivity index (χ0) is 10.8. The smallest absolute Gasteiger partial charge is 0.0442 e. The molecule has 0 spiro atoms. The van der Waals surface area contributed by atoms with Gasteiger partial charge in [-0.25, -0.2) is 5.84 Å². The normalized spacial score (nSPS) is 11.8. The molecule has 0 heterocycles. The molecule has 0 aliphatic carbocycles. The highest BCUT2D eigenvalue weighted by Gasteiger charge is 2.01. The van der Waals surface area contributed by atoms with E-state index in [4.69, 9.17) is 11.6 Å². The number of allylic oxidation sites excluding steroid dienone is 1. The summed E-state index contributed by atoms with van der Waals surface area (Å²) in [7, 11) is 0. The van der Waals surface area contributed by atoms with Gasteiger partial charge in [-0.05, 0) is 12.8 Å². The summed E-state index contributed by atoms with van der Waals surface area (Å²) < 4.78 is 0. The van der Waals surface area contributed by atoms with Crippen LogP contribution in [0.5, 0.6) is 0 Å². The van der Waals surface area contributed by atoms with Gasteiger partial charge in [-0.2, -0.15) is 0 Å². The van der Waals surface area contributed by atoms with E-state index in [1.54, 1.807) is 11.2 Å². The van der Waals surface area contributed by atoms with Crippen LogP contribution in [0.1, 0.15) is 52.4 Å². The molecule has 3 heteroatoms. The van der Waals surface area contributed by atoms with Gasteiger partial charge in [0.1, 0.15) is 0 Å². The highest BCUT2D eigenvalue weighted by atomic mass is 15.4. The molecule has 0 bridgehead atoms. The molecular formula is C11H25N3. The van der Waals surface area contributed by atoms with Gasteiger partial charge in [0.2, 0.25) is 0 Å². The fourth-order valence-electron chi connectivity index (χ4n) is 1.45. The Morgan fingerprint density at radius 3 is 2.29 bits per heavy atom. The number of hydrogen-bond acceptors (Lipinski definition) is 3. The van der Waals surface area contributed by atoms with Crippen LogP contribution in [0.25, 0.3) is 0 Å². The molecule has 0 aliphatic heterocycles. The van der Waals surface area contributed by atoms with Crippen molar-refractivity contribution in [2.75, 3.05) is 6.54 Å². The molecule has 3 nitrogen and oxygen atoms in total. The van der Waals surface area contributed by atoms with Crippen LogP contribution in [-0.2, 0) is 0 Å². The molecule has 0 aliphatic rings. The Labute approximate surface area is 88.1 Å². The van der Waals surface area contributed by atoms with Gasteiger partial charge >= 0.3 is 0 Å². The number of rotatable bonds is 8. The van der Waals surface area contributed by atoms with Crippen molar-refractivity contribution in [2.45, 2.75) is 52.4 Å². The standard InChI is InChI=1S/C11H25N3/c1-3-5-6-7-8-9-14(13)11(4-2)10-12/h10H,3-9,12-13H2,1-2H3/b11-10-. The molecule has 0 aromatic heterocycles. The Morgan fingerprint density at radius 2 is 1.79 bits per heavy atom. The van der Waals surface area contributed by atoms with Gasteiger partial charge in [0.15, 0.2) is 0 Å². The van der Waals surface area contributed by atoms with E-state index in [9.17, 15) is 0 Å². The third-order valence-corrected chi connectivity index (χ3v) is 2.43. The van der Waals surface area contributed by atoms with Gasteiger partial charge in [0, 0.05) is 18.4 Å². The number of unbranched alkanes of at least 4 members (excludes halogenated alkanes) is 4. The second-order valence-corrected chi connectivity index (χ2v) is 3.62. The lowest BCUT2D eigenvalue weighted by molar-refractivity contribution is 0.336. The second kappa shape index (κ2) is 8.88. The van der Waals surface area contributed by atoms with Gasteiger partial charge in [-0.1, -0.05) is 39.5 Å². The summed E-state index contributed by atoms with van der Waals surface area (Å²) in [5, 5.41) is 1.77. The Kier molecular flexibility index (Phi) is 8.43. The summed E-state index contributed by atoms with van der Waals surface area (Å²) in [6.07, 6.45) is 8.87. The average Bonchev–Trinajstić information content (AvgIpc) is 2.19. The van der Waals surface area contributed by atoms with Crippen LogP contribution in [0, 0.1) is 0 Å². The Balaban J connectivity index is 3.48. The van der Waals surface area contributed by atoms with Crippen LogP contribution in [0.4, 0.5) is 0 Å². The SMILES string of the molecule is CCCCCCCN(N)/C(=C\N)CC. The summed E-state index contributed by atoms with van der Waals surface area (Å²) >= 11 is 0. The van der Waals surface area contributed by atoms with Crippen molar-refractivity contribution in [2.24, 2.45) is 11.6 Å². The van der Waals surface area contributed by atoms with Crippen LogP contribution in [0.3, 0.4) is 0 Å². The summed E-state index contributed by atoms with van der Waals surface area (Å²) in [4.78, 5) is 0. The minimum Gasteiger partial charge on any atom is -0.403 e. The molecule has 0 aromatic carbocycles. The third kappa shape index (κ3) is 5.86. The lowest BCUT2D eigenvalue weighted by Gasteiger charge is -2.20. The molecule has 84 valence electrons. The van der Waals surface area contributed by atoms with Crippen molar-refractivity contribution in [3.63, 3.8) is 0 Å². The van der Waals surface area contributed by atoms with Crippen molar-refractivity contribution >= 4 is 0 Å². The van der Waals surface area contributed by atoms with Gasteiger partial charge < -0.3 is 10.7 Å². The maximum absolute atomic E-state index is 5.84. The summed E-state index contributed by atoms with van der Waals surface area (Å²) in [6.45, 7) is 5.21. The monoisotopic (exact) mass is 199 g/mol. The van der Waals surface area contributed by atoms with E-state index in [0.717, 1.165) is 25.1 Å². The molecule has 0 saturated carbocycles. The lowest BCUT2D eigenvalue weighted by Crippen LogP contribution is -2.31. The highest BCUT2D eigenvalue weighted by molar-refractivity contribution is 4.95. The molecule has 0 fully saturated rings. The van der Waals surface area contributed by atoms with E-state index in [2.05, 4.69) is 13.8 Å². The first-order valence-corrected chi connectivity index (χ1v) is 5.69. The quantitative estimate of drug-likeness (QED) is 0.358. The first kappa shape index (κ1) is 13.3. The number of nitrogens with two attached hydrogens (primary N) is 2. The fourth-order valence-corrected chi connectivity index (χ4v) is 1.45. The maximum Gasteiger partial charge on any atom is 0.0442 e. The van der Waals surface area contributed by atoms with E-state index < -0.39 is 0 Å². The topological polar surface area (TPSA) is 55.3 Å². The first-order valence-electron chi connectivity index (χ1n) is 5.69. The van der Waals surface area contributed by atoms with Gasteiger partial charge in [0.05, 0.1) is 0 Å². The maximum atomic E-state index is 5.84. The van der Waals surface area contributed by atoms with Crippen molar-refractivity contribution in [3.8, 4) is 0 Å². The molecule has 0 amide bonds. The Hall–Kier alpha value is -0.700.